The largest absolute Gasteiger partial charge is 0.457 e. The van der Waals surface area contributed by atoms with Gasteiger partial charge in [-0.05, 0) is 68.2 Å². The van der Waals surface area contributed by atoms with E-state index in [2.05, 4.69) is 10.6 Å². The minimum absolute atomic E-state index is 0. The third-order valence-corrected chi connectivity index (χ3v) is 4.10. The molecule has 1 heterocycles. The monoisotopic (exact) mass is 346 g/mol. The second kappa shape index (κ2) is 9.30. The van der Waals surface area contributed by atoms with Gasteiger partial charge in [-0.25, -0.2) is 0 Å². The molecule has 0 aromatic heterocycles. The highest BCUT2D eigenvalue weighted by Crippen LogP contribution is 2.21. The predicted molar refractivity (Wildman–Crippen MR) is 98.1 cm³/mol. The van der Waals surface area contributed by atoms with Crippen molar-refractivity contribution in [3.63, 3.8) is 0 Å². The Hall–Kier alpha value is -2.04. The standard InChI is InChI=1S/C19H22N2O2.ClH/c22-19(21-13-11-15-10-12-20-14-15)16-6-8-18(9-7-16)23-17-4-2-1-3-5-17;/h1-9,15,20H,10-14H2,(H,21,22);1H. The van der Waals surface area contributed by atoms with Crippen LogP contribution in [-0.2, 0) is 0 Å². The Labute approximate surface area is 149 Å². The second-order valence-electron chi connectivity index (χ2n) is 5.84. The molecule has 1 saturated heterocycles. The summed E-state index contributed by atoms with van der Waals surface area (Å²) in [6.07, 6.45) is 2.25. The number of benzene rings is 2. The quantitative estimate of drug-likeness (QED) is 0.839. The Morgan fingerprint density at radius 2 is 1.79 bits per heavy atom. The van der Waals surface area contributed by atoms with Crippen molar-refractivity contribution in [1.29, 1.82) is 0 Å². The number of hydrogen-bond acceptors (Lipinski definition) is 3. The Morgan fingerprint density at radius 3 is 2.46 bits per heavy atom. The van der Waals surface area contributed by atoms with Crippen LogP contribution in [0.25, 0.3) is 0 Å². The number of hydrogen-bond donors (Lipinski definition) is 2. The zero-order valence-electron chi connectivity index (χ0n) is 13.5. The van der Waals surface area contributed by atoms with Crippen molar-refractivity contribution < 1.29 is 9.53 Å². The lowest BCUT2D eigenvalue weighted by Crippen LogP contribution is -2.26. The van der Waals surface area contributed by atoms with Gasteiger partial charge in [-0.1, -0.05) is 18.2 Å². The van der Waals surface area contributed by atoms with E-state index >= 15 is 0 Å². The van der Waals surface area contributed by atoms with Gasteiger partial charge in [-0.3, -0.25) is 4.79 Å². The fourth-order valence-electron chi connectivity index (χ4n) is 2.75. The van der Waals surface area contributed by atoms with E-state index in [4.69, 9.17) is 4.74 Å². The van der Waals surface area contributed by atoms with Gasteiger partial charge >= 0.3 is 0 Å². The molecule has 2 aromatic carbocycles. The molecule has 1 amide bonds. The molecule has 1 atom stereocenters. The maximum atomic E-state index is 12.1. The maximum Gasteiger partial charge on any atom is 0.251 e. The Kier molecular flexibility index (Phi) is 7.09. The summed E-state index contributed by atoms with van der Waals surface area (Å²) in [5.41, 5.74) is 0.662. The van der Waals surface area contributed by atoms with E-state index < -0.39 is 0 Å². The Bertz CT molecular complexity index is 626. The number of para-hydroxylation sites is 1. The van der Waals surface area contributed by atoms with Gasteiger partial charge in [-0.15, -0.1) is 12.4 Å². The minimum Gasteiger partial charge on any atom is -0.457 e. The van der Waals surface area contributed by atoms with E-state index in [0.29, 0.717) is 11.5 Å². The first-order valence-corrected chi connectivity index (χ1v) is 8.13. The molecule has 2 N–H and O–H groups in total. The first-order chi connectivity index (χ1) is 11.3. The van der Waals surface area contributed by atoms with Crippen molar-refractivity contribution >= 4 is 18.3 Å². The van der Waals surface area contributed by atoms with Gasteiger partial charge in [0.2, 0.25) is 0 Å². The summed E-state index contributed by atoms with van der Waals surface area (Å²) in [6.45, 7) is 2.90. The molecule has 1 fully saturated rings. The third kappa shape index (κ3) is 5.25. The van der Waals surface area contributed by atoms with Gasteiger partial charge in [0.1, 0.15) is 11.5 Å². The highest BCUT2D eigenvalue weighted by Gasteiger charge is 2.14. The van der Waals surface area contributed by atoms with Crippen LogP contribution in [-0.4, -0.2) is 25.5 Å². The molecule has 4 nitrogen and oxygen atoms in total. The molecule has 3 rings (SSSR count). The Balaban J connectivity index is 0.00000208. The van der Waals surface area contributed by atoms with Crippen molar-refractivity contribution in [2.45, 2.75) is 12.8 Å². The number of nitrogens with one attached hydrogen (secondary N) is 2. The van der Waals surface area contributed by atoms with E-state index in [9.17, 15) is 4.79 Å². The van der Waals surface area contributed by atoms with Crippen LogP contribution in [0.3, 0.4) is 0 Å². The van der Waals surface area contributed by atoms with Crippen LogP contribution < -0.4 is 15.4 Å². The molecule has 0 spiro atoms. The van der Waals surface area contributed by atoms with Gasteiger partial charge < -0.3 is 15.4 Å². The van der Waals surface area contributed by atoms with E-state index in [-0.39, 0.29) is 18.3 Å². The topological polar surface area (TPSA) is 50.4 Å². The van der Waals surface area contributed by atoms with Crippen molar-refractivity contribution in [1.82, 2.24) is 10.6 Å². The van der Waals surface area contributed by atoms with Crippen LogP contribution in [0.2, 0.25) is 0 Å². The van der Waals surface area contributed by atoms with E-state index in [0.717, 1.165) is 37.6 Å². The summed E-state index contributed by atoms with van der Waals surface area (Å²) in [7, 11) is 0. The average molecular weight is 347 g/mol. The molecule has 0 saturated carbocycles. The Morgan fingerprint density at radius 1 is 1.08 bits per heavy atom. The van der Waals surface area contributed by atoms with Crippen LogP contribution in [0.5, 0.6) is 11.5 Å². The number of ether oxygens (including phenoxy) is 1. The van der Waals surface area contributed by atoms with Crippen LogP contribution in [0.1, 0.15) is 23.2 Å². The lowest BCUT2D eigenvalue weighted by molar-refractivity contribution is 0.0951. The van der Waals surface area contributed by atoms with Crippen LogP contribution in [0.4, 0.5) is 0 Å². The second-order valence-corrected chi connectivity index (χ2v) is 5.84. The van der Waals surface area contributed by atoms with Crippen molar-refractivity contribution in [2.75, 3.05) is 19.6 Å². The summed E-state index contributed by atoms with van der Waals surface area (Å²) in [5, 5.41) is 6.33. The van der Waals surface area contributed by atoms with Gasteiger partial charge in [0.25, 0.3) is 5.91 Å². The molecule has 0 bridgehead atoms. The van der Waals surface area contributed by atoms with Gasteiger partial charge in [-0.2, -0.15) is 0 Å². The maximum absolute atomic E-state index is 12.1. The molecule has 24 heavy (non-hydrogen) atoms. The van der Waals surface area contributed by atoms with Crippen LogP contribution >= 0.6 is 12.4 Å². The highest BCUT2D eigenvalue weighted by atomic mass is 35.5. The number of carbonyl (C=O) groups is 1. The smallest absolute Gasteiger partial charge is 0.251 e. The fourth-order valence-corrected chi connectivity index (χ4v) is 2.75. The summed E-state index contributed by atoms with van der Waals surface area (Å²) >= 11 is 0. The zero-order chi connectivity index (χ0) is 15.9. The van der Waals surface area contributed by atoms with E-state index in [1.807, 2.05) is 42.5 Å². The first-order valence-electron chi connectivity index (χ1n) is 8.13. The summed E-state index contributed by atoms with van der Waals surface area (Å²) < 4.78 is 5.72. The first kappa shape index (κ1) is 18.3. The SMILES string of the molecule is Cl.O=C(NCCC1CCNC1)c1ccc(Oc2ccccc2)cc1. The molecule has 0 radical (unpaired) electrons. The van der Waals surface area contributed by atoms with Crippen molar-refractivity contribution in [3.05, 3.63) is 60.2 Å². The highest BCUT2D eigenvalue weighted by molar-refractivity contribution is 5.94. The molecule has 0 aliphatic carbocycles. The number of rotatable bonds is 6. The van der Waals surface area contributed by atoms with Gasteiger partial charge in [0, 0.05) is 12.1 Å². The molecule has 1 aliphatic rings. The van der Waals surface area contributed by atoms with Crippen molar-refractivity contribution in [2.24, 2.45) is 5.92 Å². The molecule has 5 heteroatoms. The van der Waals surface area contributed by atoms with Gasteiger partial charge in [0.05, 0.1) is 0 Å². The van der Waals surface area contributed by atoms with Crippen molar-refractivity contribution in [3.8, 4) is 11.5 Å². The minimum atomic E-state index is -0.0257. The average Bonchev–Trinajstić information content (AvgIpc) is 3.10. The molecular formula is C19H23ClN2O2. The third-order valence-electron chi connectivity index (χ3n) is 4.10. The van der Waals surface area contributed by atoms with E-state index in [1.165, 1.54) is 6.42 Å². The molecule has 1 unspecified atom stereocenters. The lowest BCUT2D eigenvalue weighted by Gasteiger charge is -2.10. The predicted octanol–water partition coefficient (Wildman–Crippen LogP) is 3.63. The normalized spacial score (nSPS) is 16.2. The number of amides is 1. The van der Waals surface area contributed by atoms with Crippen LogP contribution in [0.15, 0.2) is 54.6 Å². The zero-order valence-corrected chi connectivity index (χ0v) is 14.4. The summed E-state index contributed by atoms with van der Waals surface area (Å²) in [5.74, 6) is 2.18. The van der Waals surface area contributed by atoms with E-state index in [1.54, 1.807) is 12.1 Å². The summed E-state index contributed by atoms with van der Waals surface area (Å²) in [4.78, 5) is 12.1. The van der Waals surface area contributed by atoms with Gasteiger partial charge in [0.15, 0.2) is 0 Å². The molecule has 1 aliphatic heterocycles. The lowest BCUT2D eigenvalue weighted by atomic mass is 10.1. The molecule has 2 aromatic rings. The molecular weight excluding hydrogens is 324 g/mol. The number of carbonyl (C=O) groups excluding carboxylic acids is 1. The number of halogens is 1. The molecule has 128 valence electrons. The summed E-state index contributed by atoms with van der Waals surface area (Å²) in [6, 6.07) is 16.8. The van der Waals surface area contributed by atoms with Crippen LogP contribution in [0, 0.1) is 5.92 Å². The fraction of sp³-hybridized carbons (Fsp3) is 0.316.